The lowest BCUT2D eigenvalue weighted by atomic mass is 10.00. The van der Waals surface area contributed by atoms with Crippen molar-refractivity contribution in [3.05, 3.63) is 47.9 Å². The highest BCUT2D eigenvalue weighted by Crippen LogP contribution is 2.23. The largest absolute Gasteiger partial charge is 0.224 e. The monoisotopic (exact) mass is 446 g/mol. The van der Waals surface area contributed by atoms with Crippen LogP contribution in [-0.4, -0.2) is 56.7 Å². The van der Waals surface area contributed by atoms with Crippen molar-refractivity contribution in [2.75, 3.05) is 23.0 Å². The second-order valence-corrected chi connectivity index (χ2v) is 13.5. The molecule has 0 unspecified atom stereocenters. The summed E-state index contributed by atoms with van der Waals surface area (Å²) in [5.41, 5.74) is 0. The van der Waals surface area contributed by atoms with Crippen molar-refractivity contribution in [2.24, 2.45) is 11.8 Å². The summed E-state index contributed by atoms with van der Waals surface area (Å²) in [6.45, 7) is 12.5. The molecule has 150 valence electrons. The summed E-state index contributed by atoms with van der Waals surface area (Å²) in [5.74, 6) is -5.79. The van der Waals surface area contributed by atoms with Crippen LogP contribution in [0.2, 0.25) is 0 Å². The van der Waals surface area contributed by atoms with Crippen LogP contribution >= 0.6 is 0 Å². The van der Waals surface area contributed by atoms with Gasteiger partial charge in [0.15, 0.2) is 39.3 Å². The molecule has 0 aromatic carbocycles. The Morgan fingerprint density at radius 3 is 0.731 bits per heavy atom. The third-order valence-electron chi connectivity index (χ3n) is 3.47. The maximum Gasteiger partial charge on any atom is 0.171 e. The molecular weight excluding hydrogens is 424 g/mol. The Kier molecular flexibility index (Phi) is 8.67. The molecule has 12 heteroatoms. The van der Waals surface area contributed by atoms with E-state index in [9.17, 15) is 33.7 Å². The van der Waals surface area contributed by atoms with E-state index >= 15 is 0 Å². The molecule has 0 aliphatic rings. The van der Waals surface area contributed by atoms with Crippen LogP contribution in [0.5, 0.6) is 0 Å². The fourth-order valence-corrected chi connectivity index (χ4v) is 6.90. The van der Waals surface area contributed by atoms with Gasteiger partial charge in [-0.3, -0.25) is 0 Å². The molecule has 0 saturated heterocycles. The van der Waals surface area contributed by atoms with Crippen LogP contribution in [-0.2, 0) is 39.3 Å². The molecule has 0 aliphatic heterocycles. The number of sulfone groups is 4. The summed E-state index contributed by atoms with van der Waals surface area (Å²) >= 11 is 0. The first kappa shape index (κ1) is 24.8. The van der Waals surface area contributed by atoms with Gasteiger partial charge in [-0.1, -0.05) is 26.3 Å². The molecule has 0 spiro atoms. The van der Waals surface area contributed by atoms with E-state index in [1.54, 1.807) is 0 Å². The molecule has 0 aromatic heterocycles. The molecular formula is C14H22O8S4. The highest BCUT2D eigenvalue weighted by Gasteiger charge is 2.34. The molecule has 0 aromatic rings. The van der Waals surface area contributed by atoms with Crippen LogP contribution in [0.25, 0.3) is 0 Å². The second-order valence-electron chi connectivity index (χ2n) is 5.50. The van der Waals surface area contributed by atoms with Crippen LogP contribution < -0.4 is 0 Å². The summed E-state index contributed by atoms with van der Waals surface area (Å²) in [4.78, 5) is 0. The highest BCUT2D eigenvalue weighted by molar-refractivity contribution is 7.95. The van der Waals surface area contributed by atoms with Gasteiger partial charge in [0.05, 0.1) is 23.0 Å². The molecule has 0 N–H and O–H groups in total. The van der Waals surface area contributed by atoms with E-state index in [0.717, 1.165) is 0 Å². The van der Waals surface area contributed by atoms with E-state index in [1.165, 1.54) is 0 Å². The molecule has 26 heavy (non-hydrogen) atoms. The average Bonchev–Trinajstić information content (AvgIpc) is 2.53. The normalized spacial score (nSPS) is 13.5. The fraction of sp³-hybridized carbons (Fsp3) is 0.429. The topological polar surface area (TPSA) is 137 Å². The zero-order chi connectivity index (χ0) is 20.8. The van der Waals surface area contributed by atoms with Crippen LogP contribution in [0.1, 0.15) is 0 Å². The summed E-state index contributed by atoms with van der Waals surface area (Å²) in [6, 6.07) is 0. The maximum atomic E-state index is 11.9. The van der Waals surface area contributed by atoms with Gasteiger partial charge in [0.1, 0.15) is 0 Å². The molecule has 0 amide bonds. The summed E-state index contributed by atoms with van der Waals surface area (Å²) < 4.78 is 95.0. The Bertz CT molecular complexity index is 806. The van der Waals surface area contributed by atoms with Crippen LogP contribution in [0, 0.1) is 11.8 Å². The van der Waals surface area contributed by atoms with Gasteiger partial charge in [0.25, 0.3) is 0 Å². The first-order valence-corrected chi connectivity index (χ1v) is 13.9. The zero-order valence-electron chi connectivity index (χ0n) is 14.0. The highest BCUT2D eigenvalue weighted by atomic mass is 32.2. The maximum absolute atomic E-state index is 11.9. The molecule has 0 atom stereocenters. The lowest BCUT2D eigenvalue weighted by Crippen LogP contribution is -2.36. The van der Waals surface area contributed by atoms with E-state index in [1.807, 2.05) is 0 Å². The Morgan fingerprint density at radius 1 is 0.462 bits per heavy atom. The van der Waals surface area contributed by atoms with Gasteiger partial charge in [-0.15, -0.1) is 0 Å². The van der Waals surface area contributed by atoms with E-state index in [2.05, 4.69) is 26.3 Å². The smallest absolute Gasteiger partial charge is 0.171 e. The molecule has 0 fully saturated rings. The van der Waals surface area contributed by atoms with Crippen LogP contribution in [0.3, 0.4) is 0 Å². The third-order valence-corrected chi connectivity index (χ3v) is 9.07. The fourth-order valence-electron chi connectivity index (χ4n) is 2.11. The lowest BCUT2D eigenvalue weighted by Gasteiger charge is -2.25. The Hall–Kier alpha value is -1.24. The zero-order valence-corrected chi connectivity index (χ0v) is 17.3. The number of rotatable bonds is 13. The number of hydrogen-bond acceptors (Lipinski definition) is 8. The lowest BCUT2D eigenvalue weighted by molar-refractivity contribution is 0.447. The van der Waals surface area contributed by atoms with E-state index in [4.69, 9.17) is 0 Å². The van der Waals surface area contributed by atoms with Crippen molar-refractivity contribution in [1.29, 1.82) is 0 Å². The van der Waals surface area contributed by atoms with Crippen molar-refractivity contribution in [3.63, 3.8) is 0 Å². The molecule has 8 nitrogen and oxygen atoms in total. The minimum atomic E-state index is -3.95. The molecule has 0 heterocycles. The van der Waals surface area contributed by atoms with Crippen molar-refractivity contribution < 1.29 is 33.7 Å². The Balaban J connectivity index is 6.26. The van der Waals surface area contributed by atoms with Gasteiger partial charge in [0.2, 0.25) is 0 Å². The minimum absolute atomic E-state index is 0.599. The van der Waals surface area contributed by atoms with E-state index < -0.39 is 74.2 Å². The second kappa shape index (κ2) is 9.11. The summed E-state index contributed by atoms with van der Waals surface area (Å²) in [6.07, 6.45) is 0. The predicted octanol–water partition coefficient (Wildman–Crippen LogP) is 0.452. The summed E-state index contributed by atoms with van der Waals surface area (Å²) in [5, 5.41) is 2.40. The molecule has 0 saturated carbocycles. The average molecular weight is 447 g/mol. The van der Waals surface area contributed by atoms with Crippen molar-refractivity contribution in [3.8, 4) is 0 Å². The quantitative estimate of drug-likeness (QED) is 0.398. The first-order valence-electron chi connectivity index (χ1n) is 7.03. The third kappa shape index (κ3) is 8.92. The molecule has 0 aliphatic carbocycles. The Labute approximate surface area is 155 Å². The first-order chi connectivity index (χ1) is 11.6. The van der Waals surface area contributed by atoms with Gasteiger partial charge in [-0.25, -0.2) is 33.7 Å². The van der Waals surface area contributed by atoms with Gasteiger partial charge in [0, 0.05) is 21.6 Å². The SMILES string of the molecule is C=CS(=O)(=O)CC(CS(=O)(=O)C=C)C(CS(=O)(=O)C=C)CS(=O)(=O)C=C. The number of hydrogen-bond donors (Lipinski definition) is 0. The standard InChI is InChI=1S/C14H22O8S4/c1-5-23(15,16)9-13(10-24(17,18)6-2)14(11-25(19,20)7-3)12-26(21,22)8-4/h5-8,13-14H,1-4,9-12H2. The van der Waals surface area contributed by atoms with Crippen molar-refractivity contribution >= 4 is 39.3 Å². The van der Waals surface area contributed by atoms with Crippen molar-refractivity contribution in [1.82, 2.24) is 0 Å². The Morgan fingerprint density at radius 2 is 0.615 bits per heavy atom. The van der Waals surface area contributed by atoms with Gasteiger partial charge < -0.3 is 0 Å². The van der Waals surface area contributed by atoms with E-state index in [0.29, 0.717) is 21.6 Å². The molecule has 0 radical (unpaired) electrons. The minimum Gasteiger partial charge on any atom is -0.224 e. The van der Waals surface area contributed by atoms with E-state index in [-0.39, 0.29) is 0 Å². The summed E-state index contributed by atoms with van der Waals surface area (Å²) in [7, 11) is -15.8. The van der Waals surface area contributed by atoms with Gasteiger partial charge in [-0.2, -0.15) is 0 Å². The van der Waals surface area contributed by atoms with Crippen molar-refractivity contribution in [2.45, 2.75) is 0 Å². The predicted molar refractivity (Wildman–Crippen MR) is 103 cm³/mol. The van der Waals surface area contributed by atoms with Crippen LogP contribution in [0.15, 0.2) is 47.9 Å². The molecule has 0 rings (SSSR count). The molecule has 0 bridgehead atoms. The van der Waals surface area contributed by atoms with Gasteiger partial charge >= 0.3 is 0 Å². The van der Waals surface area contributed by atoms with Gasteiger partial charge in [-0.05, 0) is 11.8 Å². The van der Waals surface area contributed by atoms with Crippen LogP contribution in [0.4, 0.5) is 0 Å².